The number of unbranched alkanes of at least 4 members (excludes halogenated alkanes) is 1. The highest BCUT2D eigenvalue weighted by molar-refractivity contribution is 6.03. The molecule has 1 saturated carbocycles. The van der Waals surface area contributed by atoms with Crippen LogP contribution in [0.1, 0.15) is 69.3 Å². The molecule has 2 amide bonds. The monoisotopic (exact) mass is 411 g/mol. The van der Waals surface area contributed by atoms with Crippen molar-refractivity contribution in [3.05, 3.63) is 30.0 Å². The third-order valence-electron chi connectivity index (χ3n) is 6.80. The van der Waals surface area contributed by atoms with Gasteiger partial charge in [0.05, 0.1) is 19.2 Å². The maximum Gasteiger partial charge on any atom is 0.271 e. The van der Waals surface area contributed by atoms with Gasteiger partial charge in [-0.1, -0.05) is 32.6 Å². The second-order valence-corrected chi connectivity index (χ2v) is 8.93. The number of nitrogens with zero attached hydrogens (tertiary/aromatic N) is 2. The van der Waals surface area contributed by atoms with Crippen LogP contribution in [0.3, 0.4) is 0 Å². The highest BCUT2D eigenvalue weighted by Gasteiger charge is 2.47. The van der Waals surface area contributed by atoms with Crippen LogP contribution < -0.4 is 10.1 Å². The molecule has 4 rings (SSSR count). The van der Waals surface area contributed by atoms with Gasteiger partial charge >= 0.3 is 0 Å². The summed E-state index contributed by atoms with van der Waals surface area (Å²) in [5, 5.41) is 4.27. The Kier molecular flexibility index (Phi) is 5.76. The maximum absolute atomic E-state index is 13.6. The number of carbonyl (C=O) groups is 2. The lowest BCUT2D eigenvalue weighted by Crippen LogP contribution is -2.65. The van der Waals surface area contributed by atoms with Gasteiger partial charge in [0, 0.05) is 24.0 Å². The molecule has 6 nitrogen and oxygen atoms in total. The number of hydrogen-bond donors (Lipinski definition) is 1. The zero-order valence-electron chi connectivity index (χ0n) is 18.4. The predicted octanol–water partition coefficient (Wildman–Crippen LogP) is 4.11. The summed E-state index contributed by atoms with van der Waals surface area (Å²) in [5.41, 5.74) is 0.674. The van der Waals surface area contributed by atoms with Crippen LogP contribution in [0.5, 0.6) is 5.75 Å². The molecule has 162 valence electrons. The Labute approximate surface area is 178 Å². The van der Waals surface area contributed by atoms with Crippen molar-refractivity contribution in [1.29, 1.82) is 0 Å². The Morgan fingerprint density at radius 1 is 1.23 bits per heavy atom. The molecule has 1 aliphatic carbocycles. The zero-order valence-corrected chi connectivity index (χ0v) is 18.4. The molecule has 2 aliphatic rings. The first-order valence-corrected chi connectivity index (χ1v) is 11.3. The predicted molar refractivity (Wildman–Crippen MR) is 118 cm³/mol. The lowest BCUT2D eigenvalue weighted by Gasteiger charge is -2.45. The summed E-state index contributed by atoms with van der Waals surface area (Å²) in [7, 11) is 1.64. The summed E-state index contributed by atoms with van der Waals surface area (Å²) in [6.45, 7) is 5.08. The van der Waals surface area contributed by atoms with E-state index < -0.39 is 5.54 Å². The standard InChI is InChI=1S/C24H33N3O3/c1-4-5-13-27-22(28)21-14-17-11-12-19(30-3)15-20(17)26(21)16-24(27,2)23(29)25-18-9-7-6-8-10-18/h11-12,14-15,18H,4-10,13,16H2,1-3H3,(H,25,29)/t24-/m0/s1. The minimum Gasteiger partial charge on any atom is -0.497 e. The maximum atomic E-state index is 13.6. The SMILES string of the molecule is CCCCN1C(=O)c2cc3ccc(OC)cc3n2C[C@@]1(C)C(=O)NC1CCCCC1. The van der Waals surface area contributed by atoms with E-state index in [-0.39, 0.29) is 17.9 Å². The Bertz CT molecular complexity index is 945. The number of rotatable bonds is 6. The fourth-order valence-corrected chi connectivity index (χ4v) is 4.91. The van der Waals surface area contributed by atoms with Crippen molar-refractivity contribution in [2.75, 3.05) is 13.7 Å². The molecule has 2 heterocycles. The molecule has 30 heavy (non-hydrogen) atoms. The Morgan fingerprint density at radius 2 is 2.00 bits per heavy atom. The van der Waals surface area contributed by atoms with Crippen molar-refractivity contribution in [1.82, 2.24) is 14.8 Å². The molecular weight excluding hydrogens is 378 g/mol. The number of aromatic nitrogens is 1. The lowest BCUT2D eigenvalue weighted by molar-refractivity contribution is -0.133. The summed E-state index contributed by atoms with van der Waals surface area (Å²) in [6, 6.07) is 7.99. The van der Waals surface area contributed by atoms with Crippen LogP contribution in [-0.2, 0) is 11.3 Å². The van der Waals surface area contributed by atoms with Gasteiger partial charge in [0.25, 0.3) is 5.91 Å². The minimum absolute atomic E-state index is 0.0331. The molecule has 6 heteroatoms. The van der Waals surface area contributed by atoms with Gasteiger partial charge < -0.3 is 19.5 Å². The minimum atomic E-state index is -0.911. The molecule has 0 bridgehead atoms. The molecular formula is C24H33N3O3. The normalized spacial score (nSPS) is 22.2. The number of carbonyl (C=O) groups excluding carboxylic acids is 2. The average molecular weight is 412 g/mol. The van der Waals surface area contributed by atoms with Gasteiger partial charge in [-0.05, 0) is 44.4 Å². The number of ether oxygens (including phenoxy) is 1. The highest BCUT2D eigenvalue weighted by Crippen LogP contribution is 2.34. The van der Waals surface area contributed by atoms with Crippen LogP contribution in [0.15, 0.2) is 24.3 Å². The third kappa shape index (κ3) is 3.57. The lowest BCUT2D eigenvalue weighted by atomic mass is 9.91. The highest BCUT2D eigenvalue weighted by atomic mass is 16.5. The number of benzene rings is 1. The third-order valence-corrected chi connectivity index (χ3v) is 6.80. The topological polar surface area (TPSA) is 63.6 Å². The first kappa shape index (κ1) is 20.8. The molecule has 2 aromatic rings. The van der Waals surface area contributed by atoms with E-state index >= 15 is 0 Å². The molecule has 1 aromatic heterocycles. The van der Waals surface area contributed by atoms with Crippen molar-refractivity contribution >= 4 is 22.7 Å². The Morgan fingerprint density at radius 3 is 2.70 bits per heavy atom. The van der Waals surface area contributed by atoms with Crippen molar-refractivity contribution in [3.63, 3.8) is 0 Å². The van der Waals surface area contributed by atoms with E-state index in [0.717, 1.165) is 55.2 Å². The van der Waals surface area contributed by atoms with E-state index in [1.165, 1.54) is 6.42 Å². The largest absolute Gasteiger partial charge is 0.497 e. The zero-order chi connectivity index (χ0) is 21.3. The van der Waals surface area contributed by atoms with E-state index in [0.29, 0.717) is 18.8 Å². The molecule has 1 aromatic carbocycles. The molecule has 1 N–H and O–H groups in total. The first-order valence-electron chi connectivity index (χ1n) is 11.3. The quantitative estimate of drug-likeness (QED) is 0.778. The van der Waals surface area contributed by atoms with Crippen molar-refractivity contribution in [2.24, 2.45) is 0 Å². The number of amides is 2. The molecule has 0 saturated heterocycles. The van der Waals surface area contributed by atoms with Crippen LogP contribution in [0.4, 0.5) is 0 Å². The Hall–Kier alpha value is -2.50. The van der Waals surface area contributed by atoms with Crippen molar-refractivity contribution in [3.8, 4) is 5.75 Å². The number of methoxy groups -OCH3 is 1. The average Bonchev–Trinajstić information content (AvgIpc) is 3.12. The second-order valence-electron chi connectivity index (χ2n) is 8.93. The van der Waals surface area contributed by atoms with E-state index in [1.807, 2.05) is 35.8 Å². The van der Waals surface area contributed by atoms with Crippen molar-refractivity contribution in [2.45, 2.75) is 76.9 Å². The van der Waals surface area contributed by atoms with Crippen LogP contribution in [0.2, 0.25) is 0 Å². The summed E-state index contributed by atoms with van der Waals surface area (Å²) in [6.07, 6.45) is 7.47. The molecule has 0 radical (unpaired) electrons. The van der Waals surface area contributed by atoms with E-state index in [2.05, 4.69) is 12.2 Å². The van der Waals surface area contributed by atoms with E-state index in [1.54, 1.807) is 12.0 Å². The van der Waals surface area contributed by atoms with Gasteiger partial charge in [-0.3, -0.25) is 9.59 Å². The smallest absolute Gasteiger partial charge is 0.271 e. The van der Waals surface area contributed by atoms with Gasteiger partial charge in [0.15, 0.2) is 0 Å². The van der Waals surface area contributed by atoms with Crippen LogP contribution in [0.25, 0.3) is 10.9 Å². The van der Waals surface area contributed by atoms with Gasteiger partial charge in [0.1, 0.15) is 17.0 Å². The summed E-state index contributed by atoms with van der Waals surface area (Å²) >= 11 is 0. The summed E-state index contributed by atoms with van der Waals surface area (Å²) in [5.74, 6) is 0.651. The fourth-order valence-electron chi connectivity index (χ4n) is 4.91. The number of fused-ring (bicyclic) bond motifs is 3. The number of nitrogens with one attached hydrogen (secondary N) is 1. The van der Waals surface area contributed by atoms with Gasteiger partial charge in [-0.2, -0.15) is 0 Å². The van der Waals surface area contributed by atoms with E-state index in [9.17, 15) is 9.59 Å². The van der Waals surface area contributed by atoms with Crippen LogP contribution in [0, 0.1) is 0 Å². The molecule has 1 fully saturated rings. The van der Waals surface area contributed by atoms with Crippen LogP contribution >= 0.6 is 0 Å². The van der Waals surface area contributed by atoms with Gasteiger partial charge in [-0.25, -0.2) is 0 Å². The molecule has 1 atom stereocenters. The fraction of sp³-hybridized carbons (Fsp3) is 0.583. The van der Waals surface area contributed by atoms with Crippen molar-refractivity contribution < 1.29 is 14.3 Å². The Balaban J connectivity index is 1.72. The van der Waals surface area contributed by atoms with E-state index in [4.69, 9.17) is 4.74 Å². The molecule has 1 aliphatic heterocycles. The van der Waals surface area contributed by atoms with Gasteiger partial charge in [-0.15, -0.1) is 0 Å². The number of hydrogen-bond acceptors (Lipinski definition) is 3. The molecule has 0 unspecified atom stereocenters. The summed E-state index contributed by atoms with van der Waals surface area (Å²) in [4.78, 5) is 28.9. The second kappa shape index (κ2) is 8.32. The first-order chi connectivity index (χ1) is 14.5. The molecule has 0 spiro atoms. The van der Waals surface area contributed by atoms with Crippen LogP contribution in [-0.4, -0.2) is 46.5 Å². The summed E-state index contributed by atoms with van der Waals surface area (Å²) < 4.78 is 7.40. The van der Waals surface area contributed by atoms with Gasteiger partial charge in [0.2, 0.25) is 5.91 Å².